The van der Waals surface area contributed by atoms with E-state index in [1.165, 1.54) is 10.4 Å². The largest absolute Gasteiger partial charge is 0.493 e. The Bertz CT molecular complexity index is 844. The van der Waals surface area contributed by atoms with E-state index in [2.05, 4.69) is 33.4 Å². The van der Waals surface area contributed by atoms with E-state index in [9.17, 15) is 0 Å². The Morgan fingerprint density at radius 1 is 1.12 bits per heavy atom. The lowest BCUT2D eigenvalue weighted by Gasteiger charge is -2.13. The van der Waals surface area contributed by atoms with E-state index >= 15 is 0 Å². The zero-order chi connectivity index (χ0) is 17.8. The smallest absolute Gasteiger partial charge is 0.241 e. The summed E-state index contributed by atoms with van der Waals surface area (Å²) in [5.41, 5.74) is 2.14. The monoisotopic (exact) mass is 359 g/mol. The molecule has 3 rings (SSSR count). The van der Waals surface area contributed by atoms with Gasteiger partial charge in [-0.2, -0.15) is 4.98 Å². The third-order valence-electron chi connectivity index (χ3n) is 3.90. The molecule has 0 N–H and O–H groups in total. The summed E-state index contributed by atoms with van der Waals surface area (Å²) < 4.78 is 16.0. The van der Waals surface area contributed by atoms with Gasteiger partial charge in [-0.15, -0.1) is 11.3 Å². The van der Waals surface area contributed by atoms with Crippen LogP contribution in [0.2, 0.25) is 0 Å². The van der Waals surface area contributed by atoms with Crippen molar-refractivity contribution in [3.05, 3.63) is 46.0 Å². The lowest BCUT2D eigenvalue weighted by molar-refractivity contribution is 0.262. The summed E-state index contributed by atoms with van der Waals surface area (Å²) in [6.45, 7) is 3.58. The number of ether oxygens (including phenoxy) is 2. The van der Waals surface area contributed by atoms with Gasteiger partial charge in [0.1, 0.15) is 0 Å². The summed E-state index contributed by atoms with van der Waals surface area (Å²) in [5.74, 6) is 2.43. The summed E-state index contributed by atoms with van der Waals surface area (Å²) in [6, 6.07) is 7.69. The van der Waals surface area contributed by atoms with Gasteiger partial charge in [0.15, 0.2) is 11.5 Å². The molecule has 132 valence electrons. The summed E-state index contributed by atoms with van der Waals surface area (Å²) in [4.78, 5) is 8.00. The molecule has 2 aromatic heterocycles. The molecule has 2 heterocycles. The van der Waals surface area contributed by atoms with E-state index in [4.69, 9.17) is 14.0 Å². The number of benzene rings is 1. The maximum atomic E-state index is 5.40. The highest BCUT2D eigenvalue weighted by Crippen LogP contribution is 2.31. The summed E-state index contributed by atoms with van der Waals surface area (Å²) in [5, 5.41) is 6.19. The highest BCUT2D eigenvalue weighted by atomic mass is 32.1. The van der Waals surface area contributed by atoms with Crippen molar-refractivity contribution in [3.63, 3.8) is 0 Å². The fourth-order valence-electron chi connectivity index (χ4n) is 2.51. The number of rotatable bonds is 7. The van der Waals surface area contributed by atoms with Crippen molar-refractivity contribution < 1.29 is 14.0 Å². The lowest BCUT2D eigenvalue weighted by Crippen LogP contribution is -2.17. The van der Waals surface area contributed by atoms with Crippen LogP contribution in [-0.2, 0) is 13.1 Å². The number of thiophene rings is 1. The van der Waals surface area contributed by atoms with E-state index in [0.717, 1.165) is 12.1 Å². The Morgan fingerprint density at radius 2 is 1.92 bits per heavy atom. The van der Waals surface area contributed by atoms with Gasteiger partial charge in [-0.25, -0.2) is 0 Å². The molecular formula is C18H21N3O3S. The van der Waals surface area contributed by atoms with Crippen LogP contribution in [0.15, 0.2) is 34.2 Å². The Morgan fingerprint density at radius 3 is 2.60 bits per heavy atom. The average Bonchev–Trinajstić information content (AvgIpc) is 3.24. The highest BCUT2D eigenvalue weighted by Gasteiger charge is 2.14. The standard InChI is InChI=1S/C18H21N3O3S/c1-12-7-8-25-16(12)10-21(2)11-17-19-18(20-24-17)13-5-6-14(22-3)15(9-13)23-4/h5-9H,10-11H2,1-4H3. The van der Waals surface area contributed by atoms with Gasteiger partial charge in [-0.05, 0) is 49.2 Å². The fourth-order valence-corrected chi connectivity index (χ4v) is 3.49. The predicted octanol–water partition coefficient (Wildman–Crippen LogP) is 3.76. The van der Waals surface area contributed by atoms with Crippen LogP contribution in [0.3, 0.4) is 0 Å². The molecule has 0 unspecified atom stereocenters. The van der Waals surface area contributed by atoms with E-state index in [0.29, 0.717) is 29.8 Å². The first-order valence-corrected chi connectivity index (χ1v) is 8.75. The van der Waals surface area contributed by atoms with E-state index in [-0.39, 0.29) is 0 Å². The van der Waals surface area contributed by atoms with E-state index in [1.54, 1.807) is 25.6 Å². The quantitative estimate of drug-likeness (QED) is 0.640. The zero-order valence-electron chi connectivity index (χ0n) is 14.8. The topological polar surface area (TPSA) is 60.6 Å². The Balaban J connectivity index is 1.71. The predicted molar refractivity (Wildman–Crippen MR) is 97.1 cm³/mol. The molecule has 3 aromatic rings. The van der Waals surface area contributed by atoms with Gasteiger partial charge >= 0.3 is 0 Å². The lowest BCUT2D eigenvalue weighted by atomic mass is 10.2. The van der Waals surface area contributed by atoms with E-state index in [1.807, 2.05) is 25.2 Å². The Labute approximate surface area is 151 Å². The molecule has 0 bridgehead atoms. The third-order valence-corrected chi connectivity index (χ3v) is 4.90. The SMILES string of the molecule is COc1ccc(-c2noc(CN(C)Cc3sccc3C)n2)cc1OC. The van der Waals surface area contributed by atoms with Crippen LogP contribution in [0.1, 0.15) is 16.3 Å². The minimum Gasteiger partial charge on any atom is -0.493 e. The first-order valence-electron chi connectivity index (χ1n) is 7.87. The van der Waals surface area contributed by atoms with Crippen LogP contribution in [0.5, 0.6) is 11.5 Å². The molecular weight excluding hydrogens is 338 g/mol. The van der Waals surface area contributed by atoms with E-state index < -0.39 is 0 Å². The number of hydrogen-bond donors (Lipinski definition) is 0. The van der Waals surface area contributed by atoms with Gasteiger partial charge in [-0.3, -0.25) is 4.90 Å². The highest BCUT2D eigenvalue weighted by molar-refractivity contribution is 7.10. The minimum absolute atomic E-state index is 0.539. The number of nitrogens with zero attached hydrogens (tertiary/aromatic N) is 3. The third kappa shape index (κ3) is 4.00. The van der Waals surface area contributed by atoms with Gasteiger partial charge in [0.25, 0.3) is 0 Å². The van der Waals surface area contributed by atoms with Crippen LogP contribution in [0.4, 0.5) is 0 Å². The molecule has 0 aliphatic carbocycles. The molecule has 6 nitrogen and oxygen atoms in total. The van der Waals surface area contributed by atoms with Gasteiger partial charge < -0.3 is 14.0 Å². The Kier molecular flexibility index (Phi) is 5.35. The minimum atomic E-state index is 0.539. The fraction of sp³-hybridized carbons (Fsp3) is 0.333. The molecule has 7 heteroatoms. The van der Waals surface area contributed by atoms with Crippen LogP contribution < -0.4 is 9.47 Å². The maximum Gasteiger partial charge on any atom is 0.241 e. The molecule has 0 fully saturated rings. The van der Waals surface area contributed by atoms with Crippen molar-refractivity contribution in [2.45, 2.75) is 20.0 Å². The summed E-state index contributed by atoms with van der Waals surface area (Å²) in [7, 11) is 5.25. The molecule has 0 atom stereocenters. The number of aryl methyl sites for hydroxylation is 1. The summed E-state index contributed by atoms with van der Waals surface area (Å²) >= 11 is 1.76. The Hall–Kier alpha value is -2.38. The van der Waals surface area contributed by atoms with Crippen molar-refractivity contribution in [3.8, 4) is 22.9 Å². The van der Waals surface area contributed by atoms with Crippen molar-refractivity contribution in [1.29, 1.82) is 0 Å². The molecule has 25 heavy (non-hydrogen) atoms. The molecule has 0 radical (unpaired) electrons. The number of hydrogen-bond acceptors (Lipinski definition) is 7. The number of aromatic nitrogens is 2. The van der Waals surface area contributed by atoms with Crippen molar-refractivity contribution in [1.82, 2.24) is 15.0 Å². The second kappa shape index (κ2) is 7.67. The zero-order valence-corrected chi connectivity index (χ0v) is 15.6. The molecule has 0 spiro atoms. The molecule has 1 aromatic carbocycles. The van der Waals surface area contributed by atoms with Gasteiger partial charge in [0.2, 0.25) is 11.7 Å². The van der Waals surface area contributed by atoms with Crippen LogP contribution in [0, 0.1) is 6.92 Å². The summed E-state index contributed by atoms with van der Waals surface area (Å²) in [6.07, 6.45) is 0. The molecule has 0 saturated carbocycles. The van der Waals surface area contributed by atoms with Gasteiger partial charge in [-0.1, -0.05) is 5.16 Å². The number of methoxy groups -OCH3 is 2. The van der Waals surface area contributed by atoms with Crippen LogP contribution >= 0.6 is 11.3 Å². The van der Waals surface area contributed by atoms with Gasteiger partial charge in [0.05, 0.1) is 20.8 Å². The van der Waals surface area contributed by atoms with Crippen molar-refractivity contribution in [2.24, 2.45) is 0 Å². The molecule has 0 aliphatic heterocycles. The first kappa shape index (κ1) is 17.4. The molecule has 0 saturated heterocycles. The second-order valence-electron chi connectivity index (χ2n) is 5.78. The van der Waals surface area contributed by atoms with Crippen molar-refractivity contribution in [2.75, 3.05) is 21.3 Å². The normalized spacial score (nSPS) is 11.1. The second-order valence-corrected chi connectivity index (χ2v) is 6.78. The first-order chi connectivity index (χ1) is 12.1. The molecule has 0 aliphatic rings. The average molecular weight is 359 g/mol. The van der Waals surface area contributed by atoms with Crippen molar-refractivity contribution >= 4 is 11.3 Å². The van der Waals surface area contributed by atoms with Crippen LogP contribution in [0.25, 0.3) is 11.4 Å². The van der Waals surface area contributed by atoms with Gasteiger partial charge in [0, 0.05) is 17.0 Å². The molecule has 0 amide bonds. The maximum absolute atomic E-state index is 5.40. The van der Waals surface area contributed by atoms with Crippen LogP contribution in [-0.4, -0.2) is 36.3 Å².